The maximum Gasteiger partial charge on any atom is 0.260 e. The summed E-state index contributed by atoms with van der Waals surface area (Å²) in [5.41, 5.74) is 5.23. The predicted octanol–water partition coefficient (Wildman–Crippen LogP) is 1.70. The second kappa shape index (κ2) is 5.31. The lowest BCUT2D eigenvalue weighted by Crippen LogP contribution is -2.15. The molecule has 0 aliphatic heterocycles. The molecular formula is C12H14F2N4O. The van der Waals surface area contributed by atoms with Crippen molar-refractivity contribution in [1.82, 2.24) is 15.0 Å². The van der Waals surface area contributed by atoms with Gasteiger partial charge in [0.15, 0.2) is 5.82 Å². The summed E-state index contributed by atoms with van der Waals surface area (Å²) in [6.45, 7) is 0.743. The lowest BCUT2D eigenvalue weighted by molar-refractivity contribution is 0.392. The minimum Gasteiger partial charge on any atom is -0.396 e. The highest BCUT2D eigenvalue weighted by Crippen LogP contribution is 2.25. The van der Waals surface area contributed by atoms with E-state index in [4.69, 9.17) is 10.3 Å². The van der Waals surface area contributed by atoms with Crippen molar-refractivity contribution < 1.29 is 13.3 Å². The maximum absolute atomic E-state index is 13.6. The number of nitrogens with two attached hydrogens (primary N) is 1. The summed E-state index contributed by atoms with van der Waals surface area (Å²) in [7, 11) is 3.84. The first-order valence-corrected chi connectivity index (χ1v) is 5.69. The molecule has 0 fully saturated rings. The van der Waals surface area contributed by atoms with E-state index in [1.807, 2.05) is 19.0 Å². The lowest BCUT2D eigenvalue weighted by atomic mass is 10.2. The van der Waals surface area contributed by atoms with Crippen LogP contribution in [-0.4, -0.2) is 35.7 Å². The molecule has 0 saturated heterocycles. The fourth-order valence-electron chi connectivity index (χ4n) is 1.52. The van der Waals surface area contributed by atoms with Crippen molar-refractivity contribution in [2.45, 2.75) is 6.42 Å². The maximum atomic E-state index is 13.6. The van der Waals surface area contributed by atoms with Gasteiger partial charge >= 0.3 is 0 Å². The summed E-state index contributed by atoms with van der Waals surface area (Å²) >= 11 is 0. The van der Waals surface area contributed by atoms with E-state index in [0.717, 1.165) is 12.6 Å². The average molecular weight is 268 g/mol. The fourth-order valence-corrected chi connectivity index (χ4v) is 1.52. The van der Waals surface area contributed by atoms with Gasteiger partial charge in [0.05, 0.1) is 11.3 Å². The zero-order valence-corrected chi connectivity index (χ0v) is 10.7. The van der Waals surface area contributed by atoms with Gasteiger partial charge in [-0.05, 0) is 20.2 Å². The van der Waals surface area contributed by atoms with Crippen molar-refractivity contribution in [3.05, 3.63) is 29.6 Å². The smallest absolute Gasteiger partial charge is 0.260 e. The van der Waals surface area contributed by atoms with E-state index in [9.17, 15) is 8.78 Å². The number of aromatic nitrogens is 2. The topological polar surface area (TPSA) is 68.2 Å². The van der Waals surface area contributed by atoms with Crippen LogP contribution < -0.4 is 5.73 Å². The van der Waals surface area contributed by atoms with Crippen LogP contribution in [-0.2, 0) is 6.42 Å². The van der Waals surface area contributed by atoms with Crippen LogP contribution in [0.3, 0.4) is 0 Å². The minimum absolute atomic E-state index is 0.00189. The third-order valence-corrected chi connectivity index (χ3v) is 2.57. The van der Waals surface area contributed by atoms with Gasteiger partial charge in [-0.25, -0.2) is 8.78 Å². The number of rotatable bonds is 4. The van der Waals surface area contributed by atoms with E-state index < -0.39 is 11.6 Å². The van der Waals surface area contributed by atoms with Crippen LogP contribution in [0.15, 0.2) is 16.7 Å². The SMILES string of the molecule is CN(C)CCc1noc(-c2cc(N)c(F)cc2F)n1. The van der Waals surface area contributed by atoms with Crippen molar-refractivity contribution in [3.8, 4) is 11.5 Å². The van der Waals surface area contributed by atoms with Crippen LogP contribution in [0, 0.1) is 11.6 Å². The Morgan fingerprint density at radius 3 is 2.68 bits per heavy atom. The molecule has 0 radical (unpaired) electrons. The fraction of sp³-hybridized carbons (Fsp3) is 0.333. The van der Waals surface area contributed by atoms with Gasteiger partial charge in [-0.3, -0.25) is 0 Å². The zero-order valence-electron chi connectivity index (χ0n) is 10.7. The number of halogens is 2. The predicted molar refractivity (Wildman–Crippen MR) is 66.3 cm³/mol. The van der Waals surface area contributed by atoms with E-state index in [0.29, 0.717) is 18.3 Å². The van der Waals surface area contributed by atoms with Crippen LogP contribution in [0.2, 0.25) is 0 Å². The second-order valence-corrected chi connectivity index (χ2v) is 4.42. The number of likely N-dealkylation sites (N-methyl/N-ethyl adjacent to an activating group) is 1. The Morgan fingerprint density at radius 1 is 1.26 bits per heavy atom. The zero-order chi connectivity index (χ0) is 14.0. The average Bonchev–Trinajstić information content (AvgIpc) is 2.80. The highest BCUT2D eigenvalue weighted by atomic mass is 19.1. The molecule has 0 atom stereocenters. The first-order chi connectivity index (χ1) is 8.97. The number of hydrogen-bond donors (Lipinski definition) is 1. The first-order valence-electron chi connectivity index (χ1n) is 5.69. The van der Waals surface area contributed by atoms with Crippen molar-refractivity contribution in [1.29, 1.82) is 0 Å². The monoisotopic (exact) mass is 268 g/mol. The molecule has 0 unspecified atom stereocenters. The van der Waals surface area contributed by atoms with Crippen molar-refractivity contribution in [2.75, 3.05) is 26.4 Å². The van der Waals surface area contributed by atoms with Crippen LogP contribution >= 0.6 is 0 Å². The Hall–Kier alpha value is -2.02. The highest BCUT2D eigenvalue weighted by Gasteiger charge is 2.16. The second-order valence-electron chi connectivity index (χ2n) is 4.42. The standard InChI is InChI=1S/C12H14F2N4O/c1-18(2)4-3-11-16-12(19-17-11)7-5-10(15)9(14)6-8(7)13/h5-6H,3-4,15H2,1-2H3. The number of benzene rings is 1. The van der Waals surface area contributed by atoms with E-state index in [-0.39, 0.29) is 17.1 Å². The van der Waals surface area contributed by atoms with E-state index in [1.54, 1.807) is 0 Å². The molecule has 0 aliphatic rings. The molecule has 0 bridgehead atoms. The molecule has 0 amide bonds. The molecule has 1 aromatic carbocycles. The molecule has 2 rings (SSSR count). The molecule has 102 valence electrons. The van der Waals surface area contributed by atoms with Crippen LogP contribution in [0.25, 0.3) is 11.5 Å². The Kier molecular flexibility index (Phi) is 3.75. The summed E-state index contributed by atoms with van der Waals surface area (Å²) < 4.78 is 31.6. The quantitative estimate of drug-likeness (QED) is 0.855. The normalized spacial score (nSPS) is 11.2. The van der Waals surface area contributed by atoms with E-state index in [1.165, 1.54) is 0 Å². The number of anilines is 1. The minimum atomic E-state index is -0.811. The Morgan fingerprint density at radius 2 is 2.00 bits per heavy atom. The molecule has 2 N–H and O–H groups in total. The third-order valence-electron chi connectivity index (χ3n) is 2.57. The van der Waals surface area contributed by atoms with E-state index >= 15 is 0 Å². The first kappa shape index (κ1) is 13.4. The van der Waals surface area contributed by atoms with Gasteiger partial charge in [-0.15, -0.1) is 0 Å². The van der Waals surface area contributed by atoms with Gasteiger partial charge in [-0.1, -0.05) is 5.16 Å². The summed E-state index contributed by atoms with van der Waals surface area (Å²) in [5, 5.41) is 3.74. The Labute approximate surface area is 109 Å². The summed E-state index contributed by atoms with van der Waals surface area (Å²) in [5.74, 6) is -1.13. The van der Waals surface area contributed by atoms with Crippen LogP contribution in [0.1, 0.15) is 5.82 Å². The van der Waals surface area contributed by atoms with Gasteiger partial charge in [-0.2, -0.15) is 4.98 Å². The molecule has 0 aliphatic carbocycles. The van der Waals surface area contributed by atoms with E-state index in [2.05, 4.69) is 10.1 Å². The summed E-state index contributed by atoms with van der Waals surface area (Å²) in [4.78, 5) is 6.03. The van der Waals surface area contributed by atoms with Crippen molar-refractivity contribution in [2.24, 2.45) is 0 Å². The van der Waals surface area contributed by atoms with Crippen molar-refractivity contribution in [3.63, 3.8) is 0 Å². The molecule has 19 heavy (non-hydrogen) atoms. The largest absolute Gasteiger partial charge is 0.396 e. The number of nitrogen functional groups attached to an aromatic ring is 1. The molecule has 1 heterocycles. The molecule has 5 nitrogen and oxygen atoms in total. The van der Waals surface area contributed by atoms with Gasteiger partial charge in [0.25, 0.3) is 5.89 Å². The van der Waals surface area contributed by atoms with Gasteiger partial charge < -0.3 is 15.2 Å². The highest BCUT2D eigenvalue weighted by molar-refractivity contribution is 5.61. The van der Waals surface area contributed by atoms with Crippen LogP contribution in [0.4, 0.5) is 14.5 Å². The van der Waals surface area contributed by atoms with Crippen molar-refractivity contribution >= 4 is 5.69 Å². The number of nitrogens with zero attached hydrogens (tertiary/aromatic N) is 3. The Balaban J connectivity index is 2.25. The van der Waals surface area contributed by atoms with Gasteiger partial charge in [0, 0.05) is 19.0 Å². The summed E-state index contributed by atoms with van der Waals surface area (Å²) in [6.07, 6.45) is 0.578. The lowest BCUT2D eigenvalue weighted by Gasteiger charge is -2.05. The van der Waals surface area contributed by atoms with Crippen LogP contribution in [0.5, 0.6) is 0 Å². The Bertz CT molecular complexity index is 583. The molecule has 0 spiro atoms. The molecule has 0 saturated carbocycles. The molecule has 2 aromatic rings. The summed E-state index contributed by atoms with van der Waals surface area (Å²) in [6, 6.07) is 1.85. The van der Waals surface area contributed by atoms with Gasteiger partial charge in [0.2, 0.25) is 0 Å². The number of hydrogen-bond acceptors (Lipinski definition) is 5. The molecule has 7 heteroatoms. The van der Waals surface area contributed by atoms with Gasteiger partial charge in [0.1, 0.15) is 11.6 Å². The third kappa shape index (κ3) is 3.05. The molecular weight excluding hydrogens is 254 g/mol. The molecule has 1 aromatic heterocycles.